The van der Waals surface area contributed by atoms with Gasteiger partial charge < -0.3 is 5.73 Å². The number of hydrogen-bond donors (Lipinski definition) is 2. The number of anilines is 1. The fraction of sp³-hybridized carbons (Fsp3) is 0.333. The molecule has 0 aliphatic carbocycles. The molecule has 1 nitrogen and oxygen atoms in total. The van der Waals surface area contributed by atoms with Gasteiger partial charge in [-0.1, -0.05) is 25.1 Å². The summed E-state index contributed by atoms with van der Waals surface area (Å²) in [4.78, 5) is 0. The number of nitrogen functional groups attached to an aromatic ring is 1. The molecule has 60 valence electrons. The van der Waals surface area contributed by atoms with Crippen LogP contribution in [0.3, 0.4) is 0 Å². The fourth-order valence-electron chi connectivity index (χ4n) is 1.06. The normalized spacial score (nSPS) is 12.9. The standard InChI is InChI=1S/C9H13NS/c1-7(6-11)8-4-2-3-5-9(8)10/h2-5,7,11H,6,10H2,1H3. The van der Waals surface area contributed by atoms with Gasteiger partial charge in [0.15, 0.2) is 0 Å². The van der Waals surface area contributed by atoms with E-state index in [1.165, 1.54) is 5.56 Å². The van der Waals surface area contributed by atoms with Crippen molar-refractivity contribution in [3.05, 3.63) is 29.8 Å². The van der Waals surface area contributed by atoms with Crippen LogP contribution in [0.15, 0.2) is 24.3 Å². The van der Waals surface area contributed by atoms with Crippen molar-refractivity contribution in [1.29, 1.82) is 0 Å². The van der Waals surface area contributed by atoms with Gasteiger partial charge in [0, 0.05) is 5.69 Å². The van der Waals surface area contributed by atoms with Gasteiger partial charge in [-0.05, 0) is 23.3 Å². The van der Waals surface area contributed by atoms with Crippen molar-refractivity contribution in [2.24, 2.45) is 0 Å². The first-order valence-electron chi connectivity index (χ1n) is 3.71. The number of nitrogens with two attached hydrogens (primary N) is 1. The lowest BCUT2D eigenvalue weighted by Crippen LogP contribution is -1.99. The van der Waals surface area contributed by atoms with Gasteiger partial charge in [-0.25, -0.2) is 0 Å². The van der Waals surface area contributed by atoms with E-state index in [0.29, 0.717) is 5.92 Å². The lowest BCUT2D eigenvalue weighted by Gasteiger charge is -2.10. The number of thiol groups is 1. The fourth-order valence-corrected chi connectivity index (χ4v) is 1.25. The molecule has 0 saturated heterocycles. The molecule has 0 aromatic heterocycles. The zero-order valence-corrected chi connectivity index (χ0v) is 7.51. The summed E-state index contributed by atoms with van der Waals surface area (Å²) in [5.41, 5.74) is 7.83. The number of hydrogen-bond acceptors (Lipinski definition) is 2. The van der Waals surface area contributed by atoms with Gasteiger partial charge in [0.2, 0.25) is 0 Å². The van der Waals surface area contributed by atoms with Crippen LogP contribution in [0.25, 0.3) is 0 Å². The zero-order chi connectivity index (χ0) is 8.27. The molecule has 1 aromatic rings. The molecule has 1 atom stereocenters. The first-order chi connectivity index (χ1) is 5.25. The summed E-state index contributed by atoms with van der Waals surface area (Å²) < 4.78 is 0. The van der Waals surface area contributed by atoms with Gasteiger partial charge in [0.05, 0.1) is 0 Å². The minimum Gasteiger partial charge on any atom is -0.398 e. The largest absolute Gasteiger partial charge is 0.398 e. The summed E-state index contributed by atoms with van der Waals surface area (Å²) in [6, 6.07) is 7.93. The van der Waals surface area contributed by atoms with Crippen molar-refractivity contribution in [2.75, 3.05) is 11.5 Å². The van der Waals surface area contributed by atoms with E-state index in [9.17, 15) is 0 Å². The van der Waals surface area contributed by atoms with Crippen LogP contribution in [-0.2, 0) is 0 Å². The Balaban J connectivity index is 2.93. The van der Waals surface area contributed by atoms with Gasteiger partial charge in [0.25, 0.3) is 0 Å². The highest BCUT2D eigenvalue weighted by atomic mass is 32.1. The Bertz CT molecular complexity index is 235. The summed E-state index contributed by atoms with van der Waals surface area (Å²) in [5, 5.41) is 0. The van der Waals surface area contributed by atoms with Crippen molar-refractivity contribution in [3.8, 4) is 0 Å². The Morgan fingerprint density at radius 3 is 2.64 bits per heavy atom. The molecule has 0 spiro atoms. The van der Waals surface area contributed by atoms with Crippen LogP contribution in [-0.4, -0.2) is 5.75 Å². The van der Waals surface area contributed by atoms with Gasteiger partial charge >= 0.3 is 0 Å². The third-order valence-electron chi connectivity index (χ3n) is 1.80. The second kappa shape index (κ2) is 3.67. The summed E-state index contributed by atoms with van der Waals surface area (Å²) in [6.45, 7) is 2.12. The average Bonchev–Trinajstić information content (AvgIpc) is 2.04. The number of benzene rings is 1. The summed E-state index contributed by atoms with van der Waals surface area (Å²) >= 11 is 4.22. The molecule has 0 saturated carbocycles. The molecule has 0 amide bonds. The van der Waals surface area contributed by atoms with Crippen LogP contribution in [0.4, 0.5) is 5.69 Å². The van der Waals surface area contributed by atoms with Crippen LogP contribution in [0.5, 0.6) is 0 Å². The van der Waals surface area contributed by atoms with Crippen molar-refractivity contribution in [1.82, 2.24) is 0 Å². The average molecular weight is 167 g/mol. The Morgan fingerprint density at radius 1 is 1.45 bits per heavy atom. The zero-order valence-electron chi connectivity index (χ0n) is 6.62. The molecule has 1 rings (SSSR count). The lowest BCUT2D eigenvalue weighted by molar-refractivity contribution is 0.887. The van der Waals surface area contributed by atoms with E-state index in [2.05, 4.69) is 25.6 Å². The molecule has 0 aliphatic rings. The smallest absolute Gasteiger partial charge is 0.0349 e. The Hall–Kier alpha value is -0.630. The first-order valence-corrected chi connectivity index (χ1v) is 4.34. The van der Waals surface area contributed by atoms with Gasteiger partial charge in [0.1, 0.15) is 0 Å². The van der Waals surface area contributed by atoms with E-state index in [1.54, 1.807) is 0 Å². The molecular formula is C9H13NS. The molecule has 11 heavy (non-hydrogen) atoms. The predicted molar refractivity (Wildman–Crippen MR) is 53.1 cm³/mol. The van der Waals surface area contributed by atoms with Crippen LogP contribution in [0, 0.1) is 0 Å². The lowest BCUT2D eigenvalue weighted by atomic mass is 10.0. The monoisotopic (exact) mass is 167 g/mol. The van der Waals surface area contributed by atoms with Crippen molar-refractivity contribution < 1.29 is 0 Å². The molecule has 1 unspecified atom stereocenters. The van der Waals surface area contributed by atoms with E-state index in [1.807, 2.05) is 18.2 Å². The second-order valence-corrected chi connectivity index (χ2v) is 3.08. The van der Waals surface area contributed by atoms with Crippen LogP contribution in [0.1, 0.15) is 18.4 Å². The highest BCUT2D eigenvalue weighted by Gasteiger charge is 2.04. The minimum absolute atomic E-state index is 0.444. The Labute approximate surface area is 73.0 Å². The molecule has 0 bridgehead atoms. The number of para-hydroxylation sites is 1. The van der Waals surface area contributed by atoms with Crippen LogP contribution >= 0.6 is 12.6 Å². The highest BCUT2D eigenvalue weighted by molar-refractivity contribution is 7.80. The Kier molecular flexibility index (Phi) is 2.83. The maximum Gasteiger partial charge on any atom is 0.0349 e. The molecule has 0 heterocycles. The molecule has 0 aliphatic heterocycles. The summed E-state index contributed by atoms with van der Waals surface area (Å²) in [6.07, 6.45) is 0. The van der Waals surface area contributed by atoms with Crippen LogP contribution in [0.2, 0.25) is 0 Å². The topological polar surface area (TPSA) is 26.0 Å². The summed E-state index contributed by atoms with van der Waals surface area (Å²) in [7, 11) is 0. The maximum atomic E-state index is 5.76. The number of rotatable bonds is 2. The SMILES string of the molecule is CC(CS)c1ccccc1N. The first kappa shape index (κ1) is 8.47. The predicted octanol–water partition coefficient (Wildman–Crippen LogP) is 2.30. The molecule has 2 N–H and O–H groups in total. The molecule has 0 fully saturated rings. The van der Waals surface area contributed by atoms with E-state index in [-0.39, 0.29) is 0 Å². The van der Waals surface area contributed by atoms with E-state index in [0.717, 1.165) is 11.4 Å². The molecule has 0 radical (unpaired) electrons. The maximum absolute atomic E-state index is 5.76. The van der Waals surface area contributed by atoms with Crippen molar-refractivity contribution in [2.45, 2.75) is 12.8 Å². The molecular weight excluding hydrogens is 154 g/mol. The van der Waals surface area contributed by atoms with E-state index >= 15 is 0 Å². The van der Waals surface area contributed by atoms with E-state index < -0.39 is 0 Å². The third-order valence-corrected chi connectivity index (χ3v) is 2.35. The van der Waals surface area contributed by atoms with Crippen molar-refractivity contribution >= 4 is 18.3 Å². The molecule has 2 heteroatoms. The minimum atomic E-state index is 0.444. The van der Waals surface area contributed by atoms with E-state index in [4.69, 9.17) is 5.73 Å². The quantitative estimate of drug-likeness (QED) is 0.513. The third kappa shape index (κ3) is 1.90. The van der Waals surface area contributed by atoms with Gasteiger partial charge in [-0.3, -0.25) is 0 Å². The van der Waals surface area contributed by atoms with Gasteiger partial charge in [-0.2, -0.15) is 12.6 Å². The highest BCUT2D eigenvalue weighted by Crippen LogP contribution is 2.21. The Morgan fingerprint density at radius 2 is 2.09 bits per heavy atom. The summed E-state index contributed by atoms with van der Waals surface area (Å²) in [5.74, 6) is 1.29. The molecule has 1 aromatic carbocycles. The second-order valence-electron chi connectivity index (χ2n) is 2.71. The van der Waals surface area contributed by atoms with Crippen molar-refractivity contribution in [3.63, 3.8) is 0 Å². The van der Waals surface area contributed by atoms with Crippen LogP contribution < -0.4 is 5.73 Å². The van der Waals surface area contributed by atoms with Gasteiger partial charge in [-0.15, -0.1) is 0 Å².